The molecule has 74 valence electrons. The molecular weight excluding hydrogens is 178 g/mol. The van der Waals surface area contributed by atoms with Gasteiger partial charge in [0.1, 0.15) is 0 Å². The van der Waals surface area contributed by atoms with Gasteiger partial charge in [0, 0.05) is 31.2 Å². The van der Waals surface area contributed by atoms with E-state index >= 15 is 0 Å². The van der Waals surface area contributed by atoms with E-state index in [0.29, 0.717) is 0 Å². The van der Waals surface area contributed by atoms with E-state index < -0.39 is 0 Å². The van der Waals surface area contributed by atoms with Crippen molar-refractivity contribution in [2.24, 2.45) is 7.05 Å². The molecule has 0 unspecified atom stereocenters. The molecule has 0 atom stereocenters. The predicted molar refractivity (Wildman–Crippen MR) is 52.7 cm³/mol. The zero-order valence-corrected chi connectivity index (χ0v) is 8.09. The van der Waals surface area contributed by atoms with Crippen molar-refractivity contribution >= 4 is 0 Å². The molecule has 0 fully saturated rings. The van der Waals surface area contributed by atoms with Gasteiger partial charge in [-0.15, -0.1) is 0 Å². The van der Waals surface area contributed by atoms with E-state index in [2.05, 4.69) is 5.10 Å². The molecule has 0 radical (unpaired) electrons. The van der Waals surface area contributed by atoms with Crippen LogP contribution in [0.5, 0.6) is 0 Å². The molecule has 0 saturated heterocycles. The highest BCUT2D eigenvalue weighted by Gasteiger charge is 1.98. The summed E-state index contributed by atoms with van der Waals surface area (Å²) in [5, 5.41) is 13.0. The molecule has 0 aliphatic heterocycles. The maximum Gasteiger partial charge on any atom is 0.0696 e. The van der Waals surface area contributed by atoms with E-state index in [1.165, 1.54) is 0 Å². The van der Waals surface area contributed by atoms with Gasteiger partial charge in [0.15, 0.2) is 0 Å². The number of nitrogens with zero attached hydrogens (tertiary/aromatic N) is 3. The smallest absolute Gasteiger partial charge is 0.0696 e. The molecule has 0 aromatic carbocycles. The summed E-state index contributed by atoms with van der Waals surface area (Å²) in [6, 6.07) is 1.91. The van der Waals surface area contributed by atoms with Crippen LogP contribution in [0.3, 0.4) is 0 Å². The first kappa shape index (κ1) is 9.02. The Kier molecular flexibility index (Phi) is 2.37. The van der Waals surface area contributed by atoms with E-state index in [4.69, 9.17) is 5.11 Å². The van der Waals surface area contributed by atoms with Crippen LogP contribution in [0.2, 0.25) is 0 Å². The Morgan fingerprint density at radius 2 is 2.21 bits per heavy atom. The van der Waals surface area contributed by atoms with Crippen molar-refractivity contribution in [1.29, 1.82) is 0 Å². The molecule has 4 nitrogen and oxygen atoms in total. The lowest BCUT2D eigenvalue weighted by Crippen LogP contribution is -1.94. The maximum absolute atomic E-state index is 8.89. The summed E-state index contributed by atoms with van der Waals surface area (Å²) in [6.45, 7) is 0.897. The standard InChI is InChI=1S/C10H13N3O/c1-12-5-10(4-11-12)7-13-3-2-9(6-13)8-14/h2-6,14H,7-8H2,1H3. The number of aryl methyl sites for hydroxylation is 1. The third-order valence-electron chi connectivity index (χ3n) is 2.12. The van der Waals surface area contributed by atoms with Gasteiger partial charge in [0.25, 0.3) is 0 Å². The Hall–Kier alpha value is -1.55. The Labute approximate surface area is 82.4 Å². The Morgan fingerprint density at radius 1 is 1.36 bits per heavy atom. The SMILES string of the molecule is Cn1cc(Cn2ccc(CO)c2)cn1. The minimum atomic E-state index is 0.0973. The third-order valence-corrected chi connectivity index (χ3v) is 2.12. The normalized spacial score (nSPS) is 10.7. The number of aliphatic hydroxyl groups is 1. The highest BCUT2D eigenvalue weighted by atomic mass is 16.3. The van der Waals surface area contributed by atoms with E-state index in [1.807, 2.05) is 42.5 Å². The molecule has 0 aliphatic rings. The quantitative estimate of drug-likeness (QED) is 0.778. The van der Waals surface area contributed by atoms with Gasteiger partial charge in [-0.2, -0.15) is 5.10 Å². The fourth-order valence-electron chi connectivity index (χ4n) is 1.45. The van der Waals surface area contributed by atoms with Crippen molar-refractivity contribution < 1.29 is 5.11 Å². The van der Waals surface area contributed by atoms with Gasteiger partial charge in [-0.3, -0.25) is 4.68 Å². The summed E-state index contributed by atoms with van der Waals surface area (Å²) in [7, 11) is 1.90. The van der Waals surface area contributed by atoms with Crippen LogP contribution in [-0.2, 0) is 20.2 Å². The summed E-state index contributed by atoms with van der Waals surface area (Å²) < 4.78 is 3.81. The first-order chi connectivity index (χ1) is 6.78. The topological polar surface area (TPSA) is 43.0 Å². The summed E-state index contributed by atoms with van der Waals surface area (Å²) in [5.74, 6) is 0. The summed E-state index contributed by atoms with van der Waals surface area (Å²) in [6.07, 6.45) is 7.72. The van der Waals surface area contributed by atoms with Crippen molar-refractivity contribution in [2.75, 3.05) is 0 Å². The summed E-state index contributed by atoms with van der Waals surface area (Å²) >= 11 is 0. The molecule has 2 aromatic rings. The summed E-state index contributed by atoms with van der Waals surface area (Å²) in [4.78, 5) is 0. The Bertz CT molecular complexity index is 416. The van der Waals surface area contributed by atoms with Crippen LogP contribution in [0, 0.1) is 0 Å². The maximum atomic E-state index is 8.89. The van der Waals surface area contributed by atoms with Gasteiger partial charge >= 0.3 is 0 Å². The lowest BCUT2D eigenvalue weighted by atomic mass is 10.3. The van der Waals surface area contributed by atoms with Gasteiger partial charge < -0.3 is 9.67 Å². The second kappa shape index (κ2) is 3.67. The molecule has 4 heteroatoms. The van der Waals surface area contributed by atoms with Crippen LogP contribution in [0.15, 0.2) is 30.9 Å². The van der Waals surface area contributed by atoms with Crippen LogP contribution in [0.1, 0.15) is 11.1 Å². The lowest BCUT2D eigenvalue weighted by molar-refractivity contribution is 0.282. The number of rotatable bonds is 3. The monoisotopic (exact) mass is 191 g/mol. The second-order valence-electron chi connectivity index (χ2n) is 3.37. The molecule has 2 rings (SSSR count). The zero-order valence-electron chi connectivity index (χ0n) is 8.09. The van der Waals surface area contributed by atoms with Gasteiger partial charge in [0.05, 0.1) is 19.3 Å². The van der Waals surface area contributed by atoms with Crippen molar-refractivity contribution in [3.63, 3.8) is 0 Å². The van der Waals surface area contributed by atoms with Crippen molar-refractivity contribution in [3.05, 3.63) is 42.0 Å². The van der Waals surface area contributed by atoms with Crippen LogP contribution in [-0.4, -0.2) is 19.5 Å². The lowest BCUT2D eigenvalue weighted by Gasteiger charge is -1.98. The highest BCUT2D eigenvalue weighted by Crippen LogP contribution is 2.05. The Balaban J connectivity index is 2.10. The highest BCUT2D eigenvalue weighted by molar-refractivity contribution is 5.12. The molecule has 0 bridgehead atoms. The average molecular weight is 191 g/mol. The van der Waals surface area contributed by atoms with Crippen LogP contribution in [0.25, 0.3) is 0 Å². The first-order valence-electron chi connectivity index (χ1n) is 4.51. The zero-order chi connectivity index (χ0) is 9.97. The molecule has 0 saturated carbocycles. The molecule has 1 N–H and O–H groups in total. The molecule has 14 heavy (non-hydrogen) atoms. The third kappa shape index (κ3) is 1.85. The van der Waals surface area contributed by atoms with Crippen molar-refractivity contribution in [3.8, 4) is 0 Å². The van der Waals surface area contributed by atoms with Crippen molar-refractivity contribution in [1.82, 2.24) is 14.3 Å². The molecule has 0 amide bonds. The predicted octanol–water partition coefficient (Wildman–Crippen LogP) is 0.762. The molecule has 2 heterocycles. The number of aromatic nitrogens is 3. The fraction of sp³-hybridized carbons (Fsp3) is 0.300. The fourth-order valence-corrected chi connectivity index (χ4v) is 1.45. The molecular formula is C10H13N3O. The van der Waals surface area contributed by atoms with Crippen LogP contribution < -0.4 is 0 Å². The first-order valence-corrected chi connectivity index (χ1v) is 4.51. The molecule has 0 spiro atoms. The second-order valence-corrected chi connectivity index (χ2v) is 3.37. The number of hydrogen-bond acceptors (Lipinski definition) is 2. The van der Waals surface area contributed by atoms with Crippen molar-refractivity contribution in [2.45, 2.75) is 13.2 Å². The molecule has 2 aromatic heterocycles. The number of hydrogen-bond donors (Lipinski definition) is 1. The van der Waals surface area contributed by atoms with Gasteiger partial charge in [0.2, 0.25) is 0 Å². The van der Waals surface area contributed by atoms with Gasteiger partial charge in [-0.1, -0.05) is 0 Å². The summed E-state index contributed by atoms with van der Waals surface area (Å²) in [5.41, 5.74) is 2.10. The van der Waals surface area contributed by atoms with Gasteiger partial charge in [-0.05, 0) is 11.6 Å². The van der Waals surface area contributed by atoms with Crippen LogP contribution >= 0.6 is 0 Å². The number of aliphatic hydroxyl groups excluding tert-OH is 1. The van der Waals surface area contributed by atoms with Crippen LogP contribution in [0.4, 0.5) is 0 Å². The van der Waals surface area contributed by atoms with E-state index in [0.717, 1.165) is 17.7 Å². The van der Waals surface area contributed by atoms with Gasteiger partial charge in [-0.25, -0.2) is 0 Å². The van der Waals surface area contributed by atoms with E-state index in [1.54, 1.807) is 4.68 Å². The van der Waals surface area contributed by atoms with E-state index in [-0.39, 0.29) is 6.61 Å². The average Bonchev–Trinajstić information content (AvgIpc) is 2.76. The minimum absolute atomic E-state index is 0.0973. The largest absolute Gasteiger partial charge is 0.392 e. The Morgan fingerprint density at radius 3 is 2.79 bits per heavy atom. The molecule has 0 aliphatic carbocycles. The van der Waals surface area contributed by atoms with E-state index in [9.17, 15) is 0 Å². The minimum Gasteiger partial charge on any atom is -0.392 e.